The molecule has 1 aliphatic heterocycles. The van der Waals surface area contributed by atoms with Crippen LogP contribution in [0.25, 0.3) is 0 Å². The van der Waals surface area contributed by atoms with Gasteiger partial charge in [0.15, 0.2) is 5.78 Å². The van der Waals surface area contributed by atoms with Crippen LogP contribution in [0.5, 0.6) is 0 Å². The molecule has 100 valence electrons. The minimum atomic E-state index is 0.238. The highest BCUT2D eigenvalue weighted by molar-refractivity contribution is 5.90. The molecule has 0 aromatic heterocycles. The molecule has 1 aromatic carbocycles. The standard InChI is InChI=1S/C17H21NO/c19-16-11-12-18(15-9-5-2-6-10-15)17(13-16)14-7-3-1-4-8-14/h1,3-4,7-8,11-12,15,17H,2,5-6,9-10,13H2. The highest BCUT2D eigenvalue weighted by Gasteiger charge is 2.29. The molecule has 0 saturated heterocycles. The number of ketones is 1. The fourth-order valence-electron chi connectivity index (χ4n) is 3.36. The summed E-state index contributed by atoms with van der Waals surface area (Å²) in [5.74, 6) is 0.251. The Morgan fingerprint density at radius 1 is 1.00 bits per heavy atom. The van der Waals surface area contributed by atoms with Crippen LogP contribution in [-0.4, -0.2) is 16.7 Å². The predicted octanol–water partition coefficient (Wildman–Crippen LogP) is 3.85. The third-order valence-electron chi connectivity index (χ3n) is 4.37. The van der Waals surface area contributed by atoms with Crippen molar-refractivity contribution in [2.45, 2.75) is 50.6 Å². The van der Waals surface area contributed by atoms with Gasteiger partial charge in [-0.15, -0.1) is 0 Å². The van der Waals surface area contributed by atoms with Crippen molar-refractivity contribution in [3.63, 3.8) is 0 Å². The lowest BCUT2D eigenvalue weighted by molar-refractivity contribution is -0.116. The number of hydrogen-bond donors (Lipinski definition) is 0. The Morgan fingerprint density at radius 3 is 2.47 bits per heavy atom. The Hall–Kier alpha value is -1.57. The number of benzene rings is 1. The van der Waals surface area contributed by atoms with E-state index in [0.29, 0.717) is 12.5 Å². The van der Waals surface area contributed by atoms with Crippen LogP contribution in [0.15, 0.2) is 42.6 Å². The molecule has 0 radical (unpaired) electrons. The Kier molecular flexibility index (Phi) is 3.67. The summed E-state index contributed by atoms with van der Waals surface area (Å²) in [6.07, 6.45) is 11.0. The van der Waals surface area contributed by atoms with E-state index < -0.39 is 0 Å². The Labute approximate surface area is 115 Å². The minimum Gasteiger partial charge on any atom is -0.367 e. The first-order valence-electron chi connectivity index (χ1n) is 7.38. The van der Waals surface area contributed by atoms with Crippen molar-refractivity contribution < 1.29 is 4.79 Å². The van der Waals surface area contributed by atoms with Gasteiger partial charge in [-0.3, -0.25) is 4.79 Å². The zero-order chi connectivity index (χ0) is 13.1. The number of allylic oxidation sites excluding steroid dienone is 1. The summed E-state index contributed by atoms with van der Waals surface area (Å²) in [6, 6.07) is 11.3. The number of nitrogens with zero attached hydrogens (tertiary/aromatic N) is 1. The van der Waals surface area contributed by atoms with Crippen molar-refractivity contribution in [3.05, 3.63) is 48.2 Å². The molecule has 0 spiro atoms. The Balaban J connectivity index is 1.86. The molecule has 0 amide bonds. The molecular formula is C17H21NO. The first kappa shape index (κ1) is 12.5. The van der Waals surface area contributed by atoms with Gasteiger partial charge in [-0.1, -0.05) is 49.6 Å². The van der Waals surface area contributed by atoms with Crippen molar-refractivity contribution in [1.82, 2.24) is 4.90 Å². The van der Waals surface area contributed by atoms with E-state index in [1.54, 1.807) is 6.08 Å². The average Bonchev–Trinajstić information content (AvgIpc) is 2.49. The van der Waals surface area contributed by atoms with Gasteiger partial charge in [0, 0.05) is 18.7 Å². The molecule has 3 rings (SSSR count). The zero-order valence-electron chi connectivity index (χ0n) is 11.3. The molecule has 1 fully saturated rings. The summed E-state index contributed by atoms with van der Waals surface area (Å²) >= 11 is 0. The molecule has 0 N–H and O–H groups in total. The molecule has 2 nitrogen and oxygen atoms in total. The van der Waals surface area contributed by atoms with Gasteiger partial charge < -0.3 is 4.90 Å². The number of carbonyl (C=O) groups excluding carboxylic acids is 1. The maximum absolute atomic E-state index is 11.8. The van der Waals surface area contributed by atoms with Gasteiger partial charge in [-0.05, 0) is 24.5 Å². The lowest BCUT2D eigenvalue weighted by Crippen LogP contribution is -2.38. The van der Waals surface area contributed by atoms with E-state index in [0.717, 1.165) is 0 Å². The predicted molar refractivity (Wildman–Crippen MR) is 76.7 cm³/mol. The molecule has 2 heteroatoms. The largest absolute Gasteiger partial charge is 0.367 e. The highest BCUT2D eigenvalue weighted by Crippen LogP contribution is 2.34. The van der Waals surface area contributed by atoms with E-state index in [1.165, 1.54) is 37.7 Å². The molecule has 19 heavy (non-hydrogen) atoms. The summed E-state index contributed by atoms with van der Waals surface area (Å²) in [5.41, 5.74) is 1.27. The number of rotatable bonds is 2. The minimum absolute atomic E-state index is 0.238. The third kappa shape index (κ3) is 2.73. The molecule has 1 saturated carbocycles. The van der Waals surface area contributed by atoms with E-state index >= 15 is 0 Å². The van der Waals surface area contributed by atoms with Crippen LogP contribution in [0, 0.1) is 0 Å². The molecule has 1 heterocycles. The zero-order valence-corrected chi connectivity index (χ0v) is 11.3. The lowest BCUT2D eigenvalue weighted by Gasteiger charge is -2.41. The summed E-state index contributed by atoms with van der Waals surface area (Å²) in [7, 11) is 0. The van der Waals surface area contributed by atoms with E-state index in [1.807, 2.05) is 12.3 Å². The smallest absolute Gasteiger partial charge is 0.159 e. The van der Waals surface area contributed by atoms with Gasteiger partial charge in [0.1, 0.15) is 0 Å². The molecule has 2 aliphatic rings. The van der Waals surface area contributed by atoms with Crippen molar-refractivity contribution in [2.24, 2.45) is 0 Å². The maximum atomic E-state index is 11.8. The van der Waals surface area contributed by atoms with Crippen LogP contribution in [0.4, 0.5) is 0 Å². The summed E-state index contributed by atoms with van der Waals surface area (Å²) in [4.78, 5) is 14.2. The quantitative estimate of drug-likeness (QED) is 0.800. The van der Waals surface area contributed by atoms with Gasteiger partial charge in [0.05, 0.1) is 6.04 Å². The first-order valence-corrected chi connectivity index (χ1v) is 7.38. The second-order valence-electron chi connectivity index (χ2n) is 5.65. The molecule has 1 aromatic rings. The van der Waals surface area contributed by atoms with E-state index in [4.69, 9.17) is 0 Å². The first-order chi connectivity index (χ1) is 9.34. The SMILES string of the molecule is O=C1C=CN(C2CCCCC2)C(c2ccccc2)C1. The van der Waals surface area contributed by atoms with Gasteiger partial charge >= 0.3 is 0 Å². The highest BCUT2D eigenvalue weighted by atomic mass is 16.1. The average molecular weight is 255 g/mol. The van der Waals surface area contributed by atoms with Gasteiger partial charge in [0.25, 0.3) is 0 Å². The lowest BCUT2D eigenvalue weighted by atomic mass is 9.89. The second kappa shape index (κ2) is 5.60. The molecule has 1 aliphatic carbocycles. The molecule has 0 bridgehead atoms. The second-order valence-corrected chi connectivity index (χ2v) is 5.65. The van der Waals surface area contributed by atoms with Crippen molar-refractivity contribution in [1.29, 1.82) is 0 Å². The monoisotopic (exact) mass is 255 g/mol. The molecule has 1 unspecified atom stereocenters. The fourth-order valence-corrected chi connectivity index (χ4v) is 3.36. The normalized spacial score (nSPS) is 24.7. The third-order valence-corrected chi connectivity index (χ3v) is 4.37. The van der Waals surface area contributed by atoms with Crippen LogP contribution < -0.4 is 0 Å². The Bertz CT molecular complexity index is 459. The van der Waals surface area contributed by atoms with Crippen LogP contribution in [0.1, 0.15) is 50.1 Å². The van der Waals surface area contributed by atoms with Gasteiger partial charge in [-0.25, -0.2) is 0 Å². The number of hydrogen-bond acceptors (Lipinski definition) is 2. The molecule has 1 atom stereocenters. The summed E-state index contributed by atoms with van der Waals surface area (Å²) in [6.45, 7) is 0. The topological polar surface area (TPSA) is 20.3 Å². The van der Waals surface area contributed by atoms with Crippen LogP contribution in [0.3, 0.4) is 0 Å². The fraction of sp³-hybridized carbons (Fsp3) is 0.471. The van der Waals surface area contributed by atoms with E-state index in [9.17, 15) is 4.79 Å². The maximum Gasteiger partial charge on any atom is 0.159 e. The van der Waals surface area contributed by atoms with Gasteiger partial charge in [0.2, 0.25) is 0 Å². The van der Waals surface area contributed by atoms with Gasteiger partial charge in [-0.2, -0.15) is 0 Å². The van der Waals surface area contributed by atoms with Crippen molar-refractivity contribution >= 4 is 5.78 Å². The van der Waals surface area contributed by atoms with E-state index in [-0.39, 0.29) is 11.8 Å². The van der Waals surface area contributed by atoms with Crippen LogP contribution in [-0.2, 0) is 4.79 Å². The van der Waals surface area contributed by atoms with Crippen molar-refractivity contribution in [3.8, 4) is 0 Å². The van der Waals surface area contributed by atoms with Crippen molar-refractivity contribution in [2.75, 3.05) is 0 Å². The molecular weight excluding hydrogens is 234 g/mol. The van der Waals surface area contributed by atoms with Crippen LogP contribution in [0.2, 0.25) is 0 Å². The summed E-state index contributed by atoms with van der Waals surface area (Å²) in [5, 5.41) is 0. The summed E-state index contributed by atoms with van der Waals surface area (Å²) < 4.78 is 0. The van der Waals surface area contributed by atoms with Crippen LogP contribution >= 0.6 is 0 Å². The Morgan fingerprint density at radius 2 is 1.74 bits per heavy atom. The number of carbonyl (C=O) groups is 1. The van der Waals surface area contributed by atoms with E-state index in [2.05, 4.69) is 29.2 Å².